The summed E-state index contributed by atoms with van der Waals surface area (Å²) in [5, 5.41) is 3.76. The Morgan fingerprint density at radius 3 is 2.14 bits per heavy atom. The molecule has 2 nitrogen and oxygen atoms in total. The highest BCUT2D eigenvalue weighted by Gasteiger charge is 2.30. The van der Waals surface area contributed by atoms with E-state index < -0.39 is 0 Å². The van der Waals surface area contributed by atoms with Crippen LogP contribution in [0.4, 0.5) is 0 Å². The van der Waals surface area contributed by atoms with Gasteiger partial charge in [0.2, 0.25) is 0 Å². The Kier molecular flexibility index (Phi) is 8.89. The summed E-state index contributed by atoms with van der Waals surface area (Å²) in [4.78, 5) is 2.77. The molecule has 0 radical (unpaired) electrons. The molecular formula is C19H40N2. The normalized spacial score (nSPS) is 24.4. The summed E-state index contributed by atoms with van der Waals surface area (Å²) in [6, 6.07) is 1.41. The third-order valence-electron chi connectivity index (χ3n) is 5.04. The van der Waals surface area contributed by atoms with Crippen molar-refractivity contribution in [2.75, 3.05) is 19.6 Å². The highest BCUT2D eigenvalue weighted by atomic mass is 15.2. The summed E-state index contributed by atoms with van der Waals surface area (Å²) in [6.07, 6.45) is 7.03. The van der Waals surface area contributed by atoms with E-state index in [1.165, 1.54) is 51.7 Å². The Morgan fingerprint density at radius 2 is 1.57 bits per heavy atom. The fourth-order valence-electron chi connectivity index (χ4n) is 3.44. The molecule has 126 valence electrons. The molecule has 2 heteroatoms. The van der Waals surface area contributed by atoms with Crippen LogP contribution in [0.5, 0.6) is 0 Å². The Bertz CT molecular complexity index is 260. The standard InChI is InChI=1S/C19H40N2/c1-15(2)11-9-7-8-10-12-21-14-18(16(3)4)20-13-19(21)17(5)6/h15-20H,7-14H2,1-6H3. The van der Waals surface area contributed by atoms with Gasteiger partial charge in [-0.2, -0.15) is 0 Å². The molecule has 1 rings (SSSR count). The molecule has 1 N–H and O–H groups in total. The van der Waals surface area contributed by atoms with Crippen molar-refractivity contribution >= 4 is 0 Å². The molecule has 1 saturated heterocycles. The van der Waals surface area contributed by atoms with Gasteiger partial charge in [0.15, 0.2) is 0 Å². The average Bonchev–Trinajstić information content (AvgIpc) is 2.41. The SMILES string of the molecule is CC(C)CCCCCCN1CC(C(C)C)NCC1C(C)C. The summed E-state index contributed by atoms with van der Waals surface area (Å²) in [5.41, 5.74) is 0. The number of nitrogens with one attached hydrogen (secondary N) is 1. The van der Waals surface area contributed by atoms with Gasteiger partial charge in [-0.25, -0.2) is 0 Å². The zero-order valence-electron chi connectivity index (χ0n) is 15.5. The van der Waals surface area contributed by atoms with E-state index in [0.29, 0.717) is 6.04 Å². The van der Waals surface area contributed by atoms with E-state index in [9.17, 15) is 0 Å². The van der Waals surface area contributed by atoms with Gasteiger partial charge in [0.05, 0.1) is 0 Å². The Balaban J connectivity index is 2.30. The van der Waals surface area contributed by atoms with Crippen LogP contribution >= 0.6 is 0 Å². The van der Waals surface area contributed by atoms with Crippen LogP contribution in [0.25, 0.3) is 0 Å². The molecule has 0 aromatic carbocycles. The Hall–Kier alpha value is -0.0800. The largest absolute Gasteiger partial charge is 0.311 e. The summed E-state index contributed by atoms with van der Waals surface area (Å²) >= 11 is 0. The van der Waals surface area contributed by atoms with E-state index in [1.54, 1.807) is 0 Å². The van der Waals surface area contributed by atoms with Gasteiger partial charge in [0, 0.05) is 25.2 Å². The third kappa shape index (κ3) is 7.15. The van der Waals surface area contributed by atoms with E-state index in [-0.39, 0.29) is 0 Å². The zero-order chi connectivity index (χ0) is 15.8. The molecule has 0 aliphatic carbocycles. The average molecular weight is 297 g/mol. The molecule has 0 aromatic rings. The summed E-state index contributed by atoms with van der Waals surface area (Å²) in [7, 11) is 0. The first-order valence-corrected chi connectivity index (χ1v) is 9.39. The summed E-state index contributed by atoms with van der Waals surface area (Å²) < 4.78 is 0. The third-order valence-corrected chi connectivity index (χ3v) is 5.04. The van der Waals surface area contributed by atoms with E-state index >= 15 is 0 Å². The van der Waals surface area contributed by atoms with E-state index in [1.807, 2.05) is 0 Å². The van der Waals surface area contributed by atoms with Crippen molar-refractivity contribution in [3.63, 3.8) is 0 Å². The van der Waals surface area contributed by atoms with Crippen LogP contribution in [0.15, 0.2) is 0 Å². The molecular weight excluding hydrogens is 256 g/mol. The number of hydrogen-bond acceptors (Lipinski definition) is 2. The summed E-state index contributed by atoms with van der Waals surface area (Å²) in [5.74, 6) is 2.37. The minimum Gasteiger partial charge on any atom is -0.311 e. The monoisotopic (exact) mass is 296 g/mol. The summed E-state index contributed by atoms with van der Waals surface area (Å²) in [6.45, 7) is 17.8. The number of nitrogens with zero attached hydrogens (tertiary/aromatic N) is 1. The maximum atomic E-state index is 3.76. The van der Waals surface area contributed by atoms with Crippen molar-refractivity contribution in [1.82, 2.24) is 10.2 Å². The lowest BCUT2D eigenvalue weighted by atomic mass is 9.94. The van der Waals surface area contributed by atoms with Crippen molar-refractivity contribution < 1.29 is 0 Å². The lowest BCUT2D eigenvalue weighted by molar-refractivity contribution is 0.0834. The highest BCUT2D eigenvalue weighted by Crippen LogP contribution is 2.19. The van der Waals surface area contributed by atoms with Gasteiger partial charge in [0.25, 0.3) is 0 Å². The van der Waals surface area contributed by atoms with E-state index in [2.05, 4.69) is 51.8 Å². The second kappa shape index (κ2) is 9.84. The fourth-order valence-corrected chi connectivity index (χ4v) is 3.44. The molecule has 1 aliphatic rings. The van der Waals surface area contributed by atoms with Gasteiger partial charge in [-0.15, -0.1) is 0 Å². The minimum atomic E-state index is 0.681. The van der Waals surface area contributed by atoms with E-state index in [0.717, 1.165) is 23.8 Å². The second-order valence-corrected chi connectivity index (χ2v) is 8.16. The predicted octanol–water partition coefficient (Wildman–Crippen LogP) is 4.55. The lowest BCUT2D eigenvalue weighted by Gasteiger charge is -2.43. The molecule has 1 aliphatic heterocycles. The molecule has 0 spiro atoms. The molecule has 0 aromatic heterocycles. The van der Waals surface area contributed by atoms with Gasteiger partial charge in [-0.05, 0) is 30.7 Å². The molecule has 0 bridgehead atoms. The van der Waals surface area contributed by atoms with Crippen LogP contribution in [0.3, 0.4) is 0 Å². The van der Waals surface area contributed by atoms with Crippen molar-refractivity contribution in [3.05, 3.63) is 0 Å². The number of unbranched alkanes of at least 4 members (excludes halogenated alkanes) is 3. The van der Waals surface area contributed by atoms with Gasteiger partial charge < -0.3 is 5.32 Å². The Morgan fingerprint density at radius 1 is 0.905 bits per heavy atom. The first-order valence-electron chi connectivity index (χ1n) is 9.39. The van der Waals surface area contributed by atoms with Crippen molar-refractivity contribution in [3.8, 4) is 0 Å². The Labute approximate surface area is 134 Å². The van der Waals surface area contributed by atoms with E-state index in [4.69, 9.17) is 0 Å². The topological polar surface area (TPSA) is 15.3 Å². The molecule has 0 amide bonds. The molecule has 2 atom stereocenters. The second-order valence-electron chi connectivity index (χ2n) is 8.16. The molecule has 21 heavy (non-hydrogen) atoms. The maximum Gasteiger partial charge on any atom is 0.0244 e. The van der Waals surface area contributed by atoms with Gasteiger partial charge in [-0.1, -0.05) is 67.2 Å². The highest BCUT2D eigenvalue weighted by molar-refractivity contribution is 4.88. The predicted molar refractivity (Wildman–Crippen MR) is 94.8 cm³/mol. The van der Waals surface area contributed by atoms with Crippen LogP contribution < -0.4 is 5.32 Å². The first kappa shape index (κ1) is 19.0. The molecule has 1 heterocycles. The molecule has 2 unspecified atom stereocenters. The maximum absolute atomic E-state index is 3.76. The fraction of sp³-hybridized carbons (Fsp3) is 1.00. The number of rotatable bonds is 9. The van der Waals surface area contributed by atoms with Crippen molar-refractivity contribution in [2.24, 2.45) is 17.8 Å². The van der Waals surface area contributed by atoms with Gasteiger partial charge in [-0.3, -0.25) is 4.90 Å². The van der Waals surface area contributed by atoms with Crippen LogP contribution in [-0.2, 0) is 0 Å². The van der Waals surface area contributed by atoms with Crippen LogP contribution in [0.1, 0.15) is 73.6 Å². The number of hydrogen-bond donors (Lipinski definition) is 1. The zero-order valence-corrected chi connectivity index (χ0v) is 15.5. The van der Waals surface area contributed by atoms with Crippen LogP contribution in [-0.4, -0.2) is 36.6 Å². The quantitative estimate of drug-likeness (QED) is 0.628. The van der Waals surface area contributed by atoms with Gasteiger partial charge >= 0.3 is 0 Å². The van der Waals surface area contributed by atoms with Gasteiger partial charge in [0.1, 0.15) is 0 Å². The van der Waals surface area contributed by atoms with Crippen molar-refractivity contribution in [2.45, 2.75) is 85.7 Å². The molecule has 1 fully saturated rings. The van der Waals surface area contributed by atoms with Crippen LogP contribution in [0.2, 0.25) is 0 Å². The van der Waals surface area contributed by atoms with Crippen molar-refractivity contribution in [1.29, 1.82) is 0 Å². The minimum absolute atomic E-state index is 0.681. The smallest absolute Gasteiger partial charge is 0.0244 e. The van der Waals surface area contributed by atoms with Crippen LogP contribution in [0, 0.1) is 17.8 Å². The number of piperazine rings is 1. The molecule has 0 saturated carbocycles. The first-order chi connectivity index (χ1) is 9.91. The lowest BCUT2D eigenvalue weighted by Crippen LogP contribution is -2.59.